The van der Waals surface area contributed by atoms with Crippen LogP contribution in [0.1, 0.15) is 0 Å². The summed E-state index contributed by atoms with van der Waals surface area (Å²) in [5.74, 6) is 2.92. The molecule has 5 heteroatoms. The number of hydrogen-bond acceptors (Lipinski definition) is 4. The first-order valence-corrected chi connectivity index (χ1v) is 6.51. The lowest BCUT2D eigenvalue weighted by molar-refractivity contribution is 0.397. The fourth-order valence-corrected chi connectivity index (χ4v) is 2.55. The first-order chi connectivity index (χ1) is 10.2. The normalized spacial score (nSPS) is 10.9. The van der Waals surface area contributed by atoms with Crippen LogP contribution in [0.15, 0.2) is 24.3 Å². The van der Waals surface area contributed by atoms with Crippen LogP contribution in [0.5, 0.6) is 23.0 Å². The minimum absolute atomic E-state index is 0.724. The van der Waals surface area contributed by atoms with E-state index in [1.807, 2.05) is 24.3 Å². The van der Waals surface area contributed by atoms with Crippen molar-refractivity contribution in [3.05, 3.63) is 24.3 Å². The molecular weight excluding hydrogens is 270 g/mol. The molecule has 0 amide bonds. The van der Waals surface area contributed by atoms with Crippen molar-refractivity contribution >= 4 is 21.8 Å². The Balaban J connectivity index is 2.45. The van der Waals surface area contributed by atoms with Crippen molar-refractivity contribution in [2.75, 3.05) is 28.4 Å². The molecule has 0 fully saturated rings. The average molecular weight is 287 g/mol. The van der Waals surface area contributed by atoms with Crippen molar-refractivity contribution in [2.24, 2.45) is 0 Å². The number of fused-ring (bicyclic) bond motifs is 3. The lowest BCUT2D eigenvalue weighted by Gasteiger charge is -2.06. The van der Waals surface area contributed by atoms with Gasteiger partial charge in [0.2, 0.25) is 0 Å². The number of aromatic amines is 1. The third-order valence-electron chi connectivity index (χ3n) is 3.60. The van der Waals surface area contributed by atoms with Gasteiger partial charge in [-0.2, -0.15) is 0 Å². The van der Waals surface area contributed by atoms with Crippen molar-refractivity contribution in [1.29, 1.82) is 0 Å². The fourth-order valence-electron chi connectivity index (χ4n) is 2.55. The highest BCUT2D eigenvalue weighted by atomic mass is 16.5. The van der Waals surface area contributed by atoms with E-state index in [-0.39, 0.29) is 0 Å². The summed E-state index contributed by atoms with van der Waals surface area (Å²) in [6.45, 7) is 0. The zero-order valence-electron chi connectivity index (χ0n) is 12.4. The van der Waals surface area contributed by atoms with E-state index >= 15 is 0 Å². The van der Waals surface area contributed by atoms with E-state index in [2.05, 4.69) is 4.98 Å². The number of nitrogens with one attached hydrogen (secondary N) is 1. The SMILES string of the molecule is COc1cc(OC)c2[nH]c3c(OC)cc(OC)cc3c2c1. The number of methoxy groups -OCH3 is 4. The highest BCUT2D eigenvalue weighted by Crippen LogP contribution is 2.40. The van der Waals surface area contributed by atoms with E-state index in [9.17, 15) is 0 Å². The number of rotatable bonds is 4. The maximum absolute atomic E-state index is 5.45. The van der Waals surface area contributed by atoms with Gasteiger partial charge in [-0.25, -0.2) is 0 Å². The second kappa shape index (κ2) is 5.09. The summed E-state index contributed by atoms with van der Waals surface area (Å²) in [4.78, 5) is 3.36. The zero-order valence-corrected chi connectivity index (χ0v) is 12.4. The van der Waals surface area contributed by atoms with Gasteiger partial charge in [-0.3, -0.25) is 0 Å². The monoisotopic (exact) mass is 287 g/mol. The van der Waals surface area contributed by atoms with Gasteiger partial charge in [-0.1, -0.05) is 0 Å². The van der Waals surface area contributed by atoms with Gasteiger partial charge in [-0.15, -0.1) is 0 Å². The lowest BCUT2D eigenvalue weighted by Crippen LogP contribution is -1.87. The smallest absolute Gasteiger partial charge is 0.146 e. The lowest BCUT2D eigenvalue weighted by atomic mass is 10.1. The molecule has 1 N–H and O–H groups in total. The van der Waals surface area contributed by atoms with E-state index in [4.69, 9.17) is 18.9 Å². The maximum Gasteiger partial charge on any atom is 0.146 e. The topological polar surface area (TPSA) is 52.7 Å². The standard InChI is InChI=1S/C16H17NO4/c1-18-9-5-11-12-6-10(19-2)8-14(21-4)16(12)17-15(11)13(7-9)20-3/h5-8,17H,1-4H3. The Kier molecular flexibility index (Phi) is 3.25. The molecule has 110 valence electrons. The molecule has 0 saturated heterocycles. The molecule has 0 atom stereocenters. The summed E-state index contributed by atoms with van der Waals surface area (Å²) in [6, 6.07) is 7.63. The first-order valence-electron chi connectivity index (χ1n) is 6.51. The minimum Gasteiger partial charge on any atom is -0.497 e. The molecule has 2 aromatic carbocycles. The van der Waals surface area contributed by atoms with Crippen LogP contribution >= 0.6 is 0 Å². The quantitative estimate of drug-likeness (QED) is 0.799. The van der Waals surface area contributed by atoms with Gasteiger partial charge in [-0.05, 0) is 12.1 Å². The van der Waals surface area contributed by atoms with Crippen LogP contribution in [-0.4, -0.2) is 33.4 Å². The predicted molar refractivity (Wildman–Crippen MR) is 82.0 cm³/mol. The summed E-state index contributed by atoms with van der Waals surface area (Å²) in [6.07, 6.45) is 0. The second-order valence-electron chi connectivity index (χ2n) is 4.63. The number of benzene rings is 2. The molecular formula is C16H17NO4. The molecule has 0 unspecified atom stereocenters. The minimum atomic E-state index is 0.724. The maximum atomic E-state index is 5.45. The Labute approximate surface area is 122 Å². The van der Waals surface area contributed by atoms with Crippen LogP contribution < -0.4 is 18.9 Å². The van der Waals surface area contributed by atoms with Crippen LogP contribution in [-0.2, 0) is 0 Å². The fraction of sp³-hybridized carbons (Fsp3) is 0.250. The van der Waals surface area contributed by atoms with Crippen molar-refractivity contribution in [2.45, 2.75) is 0 Å². The summed E-state index contributed by atoms with van der Waals surface area (Å²) >= 11 is 0. The van der Waals surface area contributed by atoms with Gasteiger partial charge < -0.3 is 23.9 Å². The number of aromatic nitrogens is 1. The molecule has 5 nitrogen and oxygen atoms in total. The molecule has 3 rings (SSSR count). The van der Waals surface area contributed by atoms with Crippen LogP contribution in [0.2, 0.25) is 0 Å². The number of ether oxygens (including phenoxy) is 4. The van der Waals surface area contributed by atoms with E-state index < -0.39 is 0 Å². The van der Waals surface area contributed by atoms with E-state index in [1.165, 1.54) is 0 Å². The van der Waals surface area contributed by atoms with Crippen LogP contribution in [0, 0.1) is 0 Å². The van der Waals surface area contributed by atoms with Crippen molar-refractivity contribution in [1.82, 2.24) is 4.98 Å². The molecule has 0 aliphatic heterocycles. The largest absolute Gasteiger partial charge is 0.497 e. The number of hydrogen-bond donors (Lipinski definition) is 1. The Morgan fingerprint density at radius 2 is 1.05 bits per heavy atom. The summed E-state index contributed by atoms with van der Waals surface area (Å²) in [5.41, 5.74) is 1.81. The number of H-pyrrole nitrogens is 1. The Morgan fingerprint density at radius 3 is 1.38 bits per heavy atom. The third kappa shape index (κ3) is 2.01. The first kappa shape index (κ1) is 13.4. The van der Waals surface area contributed by atoms with Gasteiger partial charge in [0, 0.05) is 22.9 Å². The van der Waals surface area contributed by atoms with Gasteiger partial charge in [0.15, 0.2) is 0 Å². The molecule has 1 aromatic heterocycles. The molecule has 0 saturated carbocycles. The predicted octanol–water partition coefficient (Wildman–Crippen LogP) is 3.36. The molecule has 0 aliphatic rings. The van der Waals surface area contributed by atoms with Crippen molar-refractivity contribution in [3.63, 3.8) is 0 Å². The average Bonchev–Trinajstić information content (AvgIpc) is 2.91. The van der Waals surface area contributed by atoms with E-state index in [0.717, 1.165) is 44.8 Å². The Morgan fingerprint density at radius 1 is 0.619 bits per heavy atom. The highest BCUT2D eigenvalue weighted by Gasteiger charge is 2.15. The second-order valence-corrected chi connectivity index (χ2v) is 4.63. The molecule has 0 bridgehead atoms. The molecule has 0 aliphatic carbocycles. The van der Waals surface area contributed by atoms with Crippen molar-refractivity contribution < 1.29 is 18.9 Å². The third-order valence-corrected chi connectivity index (χ3v) is 3.60. The molecule has 0 radical (unpaired) electrons. The van der Waals surface area contributed by atoms with Crippen LogP contribution in [0.4, 0.5) is 0 Å². The van der Waals surface area contributed by atoms with E-state index in [0.29, 0.717) is 0 Å². The zero-order chi connectivity index (χ0) is 15.0. The summed E-state index contributed by atoms with van der Waals surface area (Å²) in [5, 5.41) is 2.00. The summed E-state index contributed by atoms with van der Waals surface area (Å²) in [7, 11) is 6.54. The van der Waals surface area contributed by atoms with Crippen molar-refractivity contribution in [3.8, 4) is 23.0 Å². The van der Waals surface area contributed by atoms with Gasteiger partial charge >= 0.3 is 0 Å². The van der Waals surface area contributed by atoms with E-state index in [1.54, 1.807) is 28.4 Å². The van der Waals surface area contributed by atoms with Gasteiger partial charge in [0.1, 0.15) is 23.0 Å². The summed E-state index contributed by atoms with van der Waals surface area (Å²) < 4.78 is 21.6. The molecule has 0 spiro atoms. The van der Waals surface area contributed by atoms with Gasteiger partial charge in [0.05, 0.1) is 39.5 Å². The Bertz CT molecular complexity index is 741. The Hall–Kier alpha value is -2.56. The highest BCUT2D eigenvalue weighted by molar-refractivity contribution is 6.12. The molecule has 3 aromatic rings. The van der Waals surface area contributed by atoms with Crippen LogP contribution in [0.3, 0.4) is 0 Å². The van der Waals surface area contributed by atoms with Crippen LogP contribution in [0.25, 0.3) is 21.8 Å². The molecule has 21 heavy (non-hydrogen) atoms. The van der Waals surface area contributed by atoms with Gasteiger partial charge in [0.25, 0.3) is 0 Å². The molecule has 1 heterocycles.